The highest BCUT2D eigenvalue weighted by Crippen LogP contribution is 2.29. The first-order chi connectivity index (χ1) is 8.70. The molecule has 96 valence electrons. The van der Waals surface area contributed by atoms with E-state index in [-0.39, 0.29) is 6.04 Å². The summed E-state index contributed by atoms with van der Waals surface area (Å²) < 4.78 is 6.96. The van der Waals surface area contributed by atoms with Crippen LogP contribution in [-0.4, -0.2) is 7.05 Å². The average Bonchev–Trinajstić information content (AvgIpc) is 2.88. The third-order valence-corrected chi connectivity index (χ3v) is 4.17. The third-order valence-electron chi connectivity index (χ3n) is 2.83. The molecule has 1 unspecified atom stereocenters. The van der Waals surface area contributed by atoms with Gasteiger partial charge in [0, 0.05) is 21.0 Å². The molecule has 0 amide bonds. The van der Waals surface area contributed by atoms with Crippen molar-refractivity contribution in [1.29, 1.82) is 0 Å². The molecule has 1 aromatic heterocycles. The Balaban J connectivity index is 2.17. The molecule has 0 fully saturated rings. The topological polar surface area (TPSA) is 21.3 Å². The van der Waals surface area contributed by atoms with Gasteiger partial charge in [0.15, 0.2) is 0 Å². The summed E-state index contributed by atoms with van der Waals surface area (Å²) >= 11 is 5.20. The summed E-state index contributed by atoms with van der Waals surface area (Å²) in [5.41, 5.74) is 1.18. The Morgan fingerprint density at radius 2 is 2.22 bits per heavy atom. The average molecular weight is 326 g/mol. The van der Waals surface area contributed by atoms with Crippen LogP contribution in [0.1, 0.15) is 23.4 Å². The zero-order chi connectivity index (χ0) is 13.0. The van der Waals surface area contributed by atoms with Crippen LogP contribution in [0, 0.1) is 0 Å². The van der Waals surface area contributed by atoms with E-state index in [2.05, 4.69) is 45.7 Å². The number of nitrogens with one attached hydrogen (secondary N) is 1. The maximum Gasteiger partial charge on any atom is 0.125 e. The van der Waals surface area contributed by atoms with E-state index in [1.165, 1.54) is 10.4 Å². The van der Waals surface area contributed by atoms with Gasteiger partial charge in [0.25, 0.3) is 0 Å². The molecule has 0 aliphatic heterocycles. The lowest BCUT2D eigenvalue weighted by molar-refractivity contribution is 0.303. The summed E-state index contributed by atoms with van der Waals surface area (Å²) in [6, 6.07) is 10.6. The minimum atomic E-state index is 0.274. The van der Waals surface area contributed by atoms with Crippen LogP contribution < -0.4 is 10.1 Å². The second-order valence-electron chi connectivity index (χ2n) is 4.06. The second kappa shape index (κ2) is 6.36. The molecule has 2 nitrogen and oxygen atoms in total. The quantitative estimate of drug-likeness (QED) is 0.881. The van der Waals surface area contributed by atoms with Crippen molar-refractivity contribution in [2.75, 3.05) is 7.05 Å². The van der Waals surface area contributed by atoms with Gasteiger partial charge in [-0.3, -0.25) is 0 Å². The monoisotopic (exact) mass is 325 g/mol. The van der Waals surface area contributed by atoms with Crippen molar-refractivity contribution >= 4 is 27.3 Å². The van der Waals surface area contributed by atoms with Crippen molar-refractivity contribution in [2.24, 2.45) is 0 Å². The minimum absolute atomic E-state index is 0.274. The molecule has 0 aliphatic rings. The lowest BCUT2D eigenvalue weighted by atomic mass is 10.1. The summed E-state index contributed by atoms with van der Waals surface area (Å²) in [4.78, 5) is 1.23. The number of hydrogen-bond donors (Lipinski definition) is 1. The van der Waals surface area contributed by atoms with Crippen LogP contribution in [0.4, 0.5) is 0 Å². The number of thiophene rings is 1. The molecule has 2 rings (SSSR count). The Morgan fingerprint density at radius 1 is 1.39 bits per heavy atom. The van der Waals surface area contributed by atoms with Gasteiger partial charge in [-0.1, -0.05) is 28.1 Å². The normalized spacial score (nSPS) is 12.4. The minimum Gasteiger partial charge on any atom is -0.488 e. The van der Waals surface area contributed by atoms with Gasteiger partial charge in [-0.05, 0) is 37.6 Å². The van der Waals surface area contributed by atoms with Crippen LogP contribution in [0.3, 0.4) is 0 Å². The highest BCUT2D eigenvalue weighted by Gasteiger charge is 2.10. The summed E-state index contributed by atoms with van der Waals surface area (Å²) in [5, 5.41) is 5.31. The summed E-state index contributed by atoms with van der Waals surface area (Å²) in [7, 11) is 1.95. The molecule has 0 bridgehead atoms. The van der Waals surface area contributed by atoms with Gasteiger partial charge in [0.05, 0.1) is 0 Å². The van der Waals surface area contributed by atoms with Gasteiger partial charge in [-0.15, -0.1) is 11.3 Å². The Hall–Kier alpha value is -0.840. The zero-order valence-electron chi connectivity index (χ0n) is 10.4. The van der Waals surface area contributed by atoms with E-state index >= 15 is 0 Å². The van der Waals surface area contributed by atoms with Crippen LogP contribution in [0.15, 0.2) is 40.2 Å². The molecule has 2 aromatic rings. The molecule has 0 radical (unpaired) electrons. The zero-order valence-corrected chi connectivity index (χ0v) is 12.8. The van der Waals surface area contributed by atoms with E-state index in [0.29, 0.717) is 6.61 Å². The number of ether oxygens (including phenoxy) is 1. The first kappa shape index (κ1) is 13.6. The second-order valence-corrected chi connectivity index (χ2v) is 6.01. The Labute approximate surface area is 120 Å². The van der Waals surface area contributed by atoms with E-state index in [0.717, 1.165) is 10.2 Å². The van der Waals surface area contributed by atoms with Crippen molar-refractivity contribution in [3.63, 3.8) is 0 Å². The predicted molar refractivity (Wildman–Crippen MR) is 80.3 cm³/mol. The molecule has 4 heteroatoms. The van der Waals surface area contributed by atoms with Crippen molar-refractivity contribution in [1.82, 2.24) is 5.32 Å². The first-order valence-electron chi connectivity index (χ1n) is 5.82. The van der Waals surface area contributed by atoms with E-state index in [1.54, 1.807) is 11.3 Å². The molecule has 1 heterocycles. The summed E-state index contributed by atoms with van der Waals surface area (Å²) in [5.74, 6) is 0.930. The maximum absolute atomic E-state index is 5.93. The smallest absolute Gasteiger partial charge is 0.125 e. The SMILES string of the molecule is CNC(C)c1ccc(Br)cc1OCc1cccs1. The predicted octanol–water partition coefficient (Wildman–Crippen LogP) is 4.37. The molecule has 18 heavy (non-hydrogen) atoms. The Bertz CT molecular complexity index is 499. The molecule has 1 aromatic carbocycles. The van der Waals surface area contributed by atoms with Gasteiger partial charge < -0.3 is 10.1 Å². The number of halogens is 1. The molecule has 0 spiro atoms. The third kappa shape index (κ3) is 3.34. The van der Waals surface area contributed by atoms with Gasteiger partial charge in [-0.25, -0.2) is 0 Å². The van der Waals surface area contributed by atoms with Gasteiger partial charge in [-0.2, -0.15) is 0 Å². The highest BCUT2D eigenvalue weighted by atomic mass is 79.9. The molecule has 1 atom stereocenters. The van der Waals surface area contributed by atoms with Gasteiger partial charge in [0.1, 0.15) is 12.4 Å². The maximum atomic E-state index is 5.93. The fourth-order valence-corrected chi connectivity index (χ4v) is 2.65. The van der Waals surface area contributed by atoms with Crippen molar-refractivity contribution in [3.05, 3.63) is 50.6 Å². The molecule has 0 saturated heterocycles. The fourth-order valence-electron chi connectivity index (χ4n) is 1.69. The van der Waals surface area contributed by atoms with Crippen molar-refractivity contribution in [3.8, 4) is 5.75 Å². The summed E-state index contributed by atoms with van der Waals surface area (Å²) in [6.45, 7) is 2.75. The van der Waals surface area contributed by atoms with Crippen LogP contribution in [-0.2, 0) is 6.61 Å². The highest BCUT2D eigenvalue weighted by molar-refractivity contribution is 9.10. The lowest BCUT2D eigenvalue weighted by Crippen LogP contribution is -2.13. The van der Waals surface area contributed by atoms with Crippen molar-refractivity contribution in [2.45, 2.75) is 19.6 Å². The van der Waals surface area contributed by atoms with Crippen LogP contribution in [0.5, 0.6) is 5.75 Å². The molecular weight excluding hydrogens is 310 g/mol. The summed E-state index contributed by atoms with van der Waals surface area (Å²) in [6.07, 6.45) is 0. The molecular formula is C14H16BrNOS. The number of benzene rings is 1. The van der Waals surface area contributed by atoms with Crippen LogP contribution in [0.2, 0.25) is 0 Å². The largest absolute Gasteiger partial charge is 0.488 e. The molecule has 0 aliphatic carbocycles. The Kier molecular flexibility index (Phi) is 4.80. The molecule has 0 saturated carbocycles. The number of hydrogen-bond acceptors (Lipinski definition) is 3. The molecule has 1 N–H and O–H groups in total. The van der Waals surface area contributed by atoms with Crippen molar-refractivity contribution < 1.29 is 4.74 Å². The standard InChI is InChI=1S/C14H16BrNOS/c1-10(16-2)13-6-5-11(15)8-14(13)17-9-12-4-3-7-18-12/h3-8,10,16H,9H2,1-2H3. The first-order valence-corrected chi connectivity index (χ1v) is 7.50. The van der Waals surface area contributed by atoms with Gasteiger partial charge >= 0.3 is 0 Å². The van der Waals surface area contributed by atoms with E-state index in [4.69, 9.17) is 4.74 Å². The fraction of sp³-hybridized carbons (Fsp3) is 0.286. The Morgan fingerprint density at radius 3 is 2.89 bits per heavy atom. The lowest BCUT2D eigenvalue weighted by Gasteiger charge is -2.16. The van der Waals surface area contributed by atoms with Gasteiger partial charge in [0.2, 0.25) is 0 Å². The van der Waals surface area contributed by atoms with E-state index < -0.39 is 0 Å². The van der Waals surface area contributed by atoms with E-state index in [1.807, 2.05) is 25.2 Å². The van der Waals surface area contributed by atoms with E-state index in [9.17, 15) is 0 Å². The number of rotatable bonds is 5. The van der Waals surface area contributed by atoms with Crippen LogP contribution >= 0.6 is 27.3 Å². The van der Waals surface area contributed by atoms with Crippen LogP contribution in [0.25, 0.3) is 0 Å².